The van der Waals surface area contributed by atoms with Crippen LogP contribution >= 0.6 is 0 Å². The predicted octanol–water partition coefficient (Wildman–Crippen LogP) is 1.69. The fourth-order valence-electron chi connectivity index (χ4n) is 3.75. The van der Waals surface area contributed by atoms with E-state index in [0.717, 1.165) is 12.8 Å². The van der Waals surface area contributed by atoms with Crippen LogP contribution in [0.5, 0.6) is 0 Å². The van der Waals surface area contributed by atoms with Crippen LogP contribution in [-0.4, -0.2) is 24.1 Å². The fourth-order valence-corrected chi connectivity index (χ4v) is 3.75. The Morgan fingerprint density at radius 1 is 1.44 bits per heavy atom. The standard InChI is InChI=1S/C14H18O4/c1-6(2)13(15)17-11-8-4-7(3)5-9-10(8)12(11)18-14(9)16/h7-12H,1,4-5H2,2-3H3. The van der Waals surface area contributed by atoms with Gasteiger partial charge in [-0.1, -0.05) is 13.5 Å². The average molecular weight is 250 g/mol. The summed E-state index contributed by atoms with van der Waals surface area (Å²) in [6, 6.07) is 0. The number of hydrogen-bond donors (Lipinski definition) is 0. The van der Waals surface area contributed by atoms with Crippen LogP contribution in [0.4, 0.5) is 0 Å². The van der Waals surface area contributed by atoms with Crippen molar-refractivity contribution in [2.45, 2.75) is 38.9 Å². The molecular formula is C14H18O4. The molecule has 0 aromatic heterocycles. The number of hydrogen-bond acceptors (Lipinski definition) is 4. The molecule has 2 saturated carbocycles. The van der Waals surface area contributed by atoms with Crippen molar-refractivity contribution in [3.05, 3.63) is 12.2 Å². The molecule has 1 saturated heterocycles. The molecule has 0 amide bonds. The van der Waals surface area contributed by atoms with Crippen LogP contribution in [0, 0.1) is 23.7 Å². The second-order valence-electron chi connectivity index (χ2n) is 5.98. The minimum absolute atomic E-state index is 0.0310. The SMILES string of the molecule is C=C(C)C(=O)OC1C2CC(C)CC3C(=O)OC1C32. The first-order valence-corrected chi connectivity index (χ1v) is 6.56. The molecule has 2 aliphatic carbocycles. The third-order valence-corrected chi connectivity index (χ3v) is 4.56. The molecule has 18 heavy (non-hydrogen) atoms. The van der Waals surface area contributed by atoms with Crippen molar-refractivity contribution < 1.29 is 19.1 Å². The summed E-state index contributed by atoms with van der Waals surface area (Å²) in [6.45, 7) is 7.36. The van der Waals surface area contributed by atoms with E-state index in [1.54, 1.807) is 6.92 Å². The number of rotatable bonds is 2. The molecule has 0 bridgehead atoms. The van der Waals surface area contributed by atoms with E-state index in [9.17, 15) is 9.59 Å². The minimum Gasteiger partial charge on any atom is -0.458 e. The molecule has 0 radical (unpaired) electrons. The van der Waals surface area contributed by atoms with Crippen molar-refractivity contribution in [2.24, 2.45) is 23.7 Å². The summed E-state index contributed by atoms with van der Waals surface area (Å²) in [5.41, 5.74) is 0.392. The second-order valence-corrected chi connectivity index (χ2v) is 5.98. The van der Waals surface area contributed by atoms with E-state index in [-0.39, 0.29) is 36.0 Å². The van der Waals surface area contributed by atoms with Gasteiger partial charge in [0.05, 0.1) is 5.92 Å². The molecule has 0 spiro atoms. The number of esters is 2. The van der Waals surface area contributed by atoms with Gasteiger partial charge in [0, 0.05) is 17.4 Å². The predicted molar refractivity (Wildman–Crippen MR) is 63.4 cm³/mol. The molecule has 0 N–H and O–H groups in total. The Kier molecular flexibility index (Phi) is 2.50. The van der Waals surface area contributed by atoms with Crippen molar-refractivity contribution in [3.8, 4) is 0 Å². The first-order chi connectivity index (χ1) is 8.49. The van der Waals surface area contributed by atoms with E-state index in [4.69, 9.17) is 9.47 Å². The Labute approximate surface area is 106 Å². The smallest absolute Gasteiger partial charge is 0.333 e. The Morgan fingerprint density at radius 3 is 2.83 bits per heavy atom. The highest BCUT2D eigenvalue weighted by molar-refractivity contribution is 5.87. The van der Waals surface area contributed by atoms with E-state index in [0.29, 0.717) is 17.4 Å². The summed E-state index contributed by atoms with van der Waals surface area (Å²) in [5, 5.41) is 0. The Balaban J connectivity index is 1.77. The van der Waals surface area contributed by atoms with Gasteiger partial charge in [0.25, 0.3) is 0 Å². The maximum Gasteiger partial charge on any atom is 0.333 e. The lowest BCUT2D eigenvalue weighted by atomic mass is 9.56. The van der Waals surface area contributed by atoms with Gasteiger partial charge in [0.15, 0.2) is 0 Å². The third kappa shape index (κ3) is 1.51. The first-order valence-electron chi connectivity index (χ1n) is 6.56. The third-order valence-electron chi connectivity index (χ3n) is 4.56. The molecule has 3 rings (SSSR count). The summed E-state index contributed by atoms with van der Waals surface area (Å²) in [7, 11) is 0. The van der Waals surface area contributed by atoms with Gasteiger partial charge in [-0.15, -0.1) is 0 Å². The summed E-state index contributed by atoms with van der Waals surface area (Å²) < 4.78 is 10.8. The zero-order valence-corrected chi connectivity index (χ0v) is 10.7. The van der Waals surface area contributed by atoms with Gasteiger partial charge < -0.3 is 9.47 Å². The van der Waals surface area contributed by atoms with E-state index < -0.39 is 0 Å². The fraction of sp³-hybridized carbons (Fsp3) is 0.714. The van der Waals surface area contributed by atoms with E-state index in [1.165, 1.54) is 0 Å². The lowest BCUT2D eigenvalue weighted by Crippen LogP contribution is -2.59. The van der Waals surface area contributed by atoms with Crippen LogP contribution in [0.15, 0.2) is 12.2 Å². The van der Waals surface area contributed by atoms with Crippen LogP contribution in [0.25, 0.3) is 0 Å². The highest BCUT2D eigenvalue weighted by Gasteiger charge is 2.65. The molecule has 0 aromatic rings. The number of carbonyl (C=O) groups excluding carboxylic acids is 2. The monoisotopic (exact) mass is 250 g/mol. The molecule has 1 aliphatic heterocycles. The van der Waals surface area contributed by atoms with Crippen LogP contribution in [0.1, 0.15) is 26.7 Å². The molecular weight excluding hydrogens is 232 g/mol. The average Bonchev–Trinajstić information content (AvgIpc) is 2.61. The van der Waals surface area contributed by atoms with Crippen LogP contribution in [-0.2, 0) is 19.1 Å². The summed E-state index contributed by atoms with van der Waals surface area (Å²) >= 11 is 0. The Hall–Kier alpha value is -1.32. The van der Waals surface area contributed by atoms with Gasteiger partial charge in [-0.05, 0) is 25.7 Å². The van der Waals surface area contributed by atoms with Gasteiger partial charge in [-0.3, -0.25) is 4.79 Å². The highest BCUT2D eigenvalue weighted by atomic mass is 16.6. The topological polar surface area (TPSA) is 52.6 Å². The maximum atomic E-state index is 11.8. The Morgan fingerprint density at radius 2 is 2.17 bits per heavy atom. The molecule has 3 fully saturated rings. The summed E-state index contributed by atoms with van der Waals surface area (Å²) in [5.74, 6) is 0.610. The first kappa shape index (κ1) is 11.8. The van der Waals surface area contributed by atoms with Crippen molar-refractivity contribution in [3.63, 3.8) is 0 Å². The zero-order chi connectivity index (χ0) is 13.0. The van der Waals surface area contributed by atoms with Gasteiger partial charge in [0.1, 0.15) is 12.2 Å². The van der Waals surface area contributed by atoms with Crippen LogP contribution in [0.2, 0.25) is 0 Å². The molecule has 6 unspecified atom stereocenters. The Bertz CT molecular complexity index is 428. The molecule has 3 aliphatic rings. The minimum atomic E-state index is -0.379. The van der Waals surface area contributed by atoms with Gasteiger partial charge >= 0.3 is 11.9 Å². The number of ether oxygens (including phenoxy) is 2. The van der Waals surface area contributed by atoms with Crippen molar-refractivity contribution in [2.75, 3.05) is 0 Å². The molecule has 0 aromatic carbocycles. The highest BCUT2D eigenvalue weighted by Crippen LogP contribution is 2.56. The van der Waals surface area contributed by atoms with Gasteiger partial charge in [0.2, 0.25) is 0 Å². The van der Waals surface area contributed by atoms with Crippen LogP contribution < -0.4 is 0 Å². The molecule has 98 valence electrons. The summed E-state index contributed by atoms with van der Waals surface area (Å²) in [4.78, 5) is 23.4. The molecule has 6 atom stereocenters. The normalized spacial score (nSPS) is 44.7. The molecule has 1 heterocycles. The van der Waals surface area contributed by atoms with Crippen LogP contribution in [0.3, 0.4) is 0 Å². The van der Waals surface area contributed by atoms with E-state index >= 15 is 0 Å². The zero-order valence-electron chi connectivity index (χ0n) is 10.7. The van der Waals surface area contributed by atoms with Crippen molar-refractivity contribution >= 4 is 11.9 Å². The van der Waals surface area contributed by atoms with Crippen molar-refractivity contribution in [1.29, 1.82) is 0 Å². The van der Waals surface area contributed by atoms with E-state index in [1.807, 2.05) is 0 Å². The summed E-state index contributed by atoms with van der Waals surface area (Å²) in [6.07, 6.45) is 1.47. The van der Waals surface area contributed by atoms with Gasteiger partial charge in [-0.25, -0.2) is 4.79 Å². The molecule has 4 nitrogen and oxygen atoms in total. The maximum absolute atomic E-state index is 11.8. The lowest BCUT2D eigenvalue weighted by molar-refractivity contribution is -0.193. The van der Waals surface area contributed by atoms with Gasteiger partial charge in [-0.2, -0.15) is 0 Å². The van der Waals surface area contributed by atoms with E-state index in [2.05, 4.69) is 13.5 Å². The quantitative estimate of drug-likeness (QED) is 0.553. The van der Waals surface area contributed by atoms with Crippen molar-refractivity contribution in [1.82, 2.24) is 0 Å². The largest absolute Gasteiger partial charge is 0.458 e. The molecule has 4 heteroatoms. The second kappa shape index (κ2) is 3.84. The lowest BCUT2D eigenvalue weighted by Gasteiger charge is -2.50. The number of carbonyl (C=O) groups is 2.